The first kappa shape index (κ1) is 12.1. The largest absolute Gasteiger partial charge is 0.464 e. The van der Waals surface area contributed by atoms with Crippen molar-refractivity contribution in [2.24, 2.45) is 0 Å². The number of hydrogen-bond donors (Lipinski definition) is 0. The number of ether oxygens (including phenoxy) is 2. The van der Waals surface area contributed by atoms with E-state index in [1.165, 1.54) is 7.11 Å². The summed E-state index contributed by atoms with van der Waals surface area (Å²) in [6.45, 7) is 0.722. The fraction of sp³-hybridized carbons (Fsp3) is 0.462. The molecule has 6 nitrogen and oxygen atoms in total. The Balaban J connectivity index is 2.11. The summed E-state index contributed by atoms with van der Waals surface area (Å²) in [5.41, 5.74) is 1.06. The van der Waals surface area contributed by atoms with Crippen LogP contribution in [0.5, 0.6) is 0 Å². The summed E-state index contributed by atoms with van der Waals surface area (Å²) in [5.74, 6) is 0.276. The van der Waals surface area contributed by atoms with E-state index in [9.17, 15) is 4.79 Å². The van der Waals surface area contributed by atoms with Gasteiger partial charge in [-0.05, 0) is 31.4 Å². The number of pyridine rings is 1. The minimum absolute atomic E-state index is 0.102. The number of hydrogen-bond acceptors (Lipinski definition) is 5. The van der Waals surface area contributed by atoms with Crippen molar-refractivity contribution >= 4 is 11.6 Å². The Morgan fingerprint density at radius 3 is 3.05 bits per heavy atom. The van der Waals surface area contributed by atoms with E-state index in [0.717, 1.165) is 25.9 Å². The second-order valence-electron chi connectivity index (χ2n) is 4.51. The third-order valence-corrected chi connectivity index (χ3v) is 3.32. The van der Waals surface area contributed by atoms with E-state index in [2.05, 4.69) is 10.2 Å². The van der Waals surface area contributed by atoms with Crippen LogP contribution in [0.3, 0.4) is 0 Å². The number of rotatable bonds is 2. The van der Waals surface area contributed by atoms with Gasteiger partial charge in [-0.1, -0.05) is 6.07 Å². The quantitative estimate of drug-likeness (QED) is 0.771. The maximum absolute atomic E-state index is 11.8. The molecule has 0 N–H and O–H groups in total. The molecule has 0 saturated carbocycles. The normalized spacial score (nSPS) is 19.5. The minimum atomic E-state index is -0.401. The monoisotopic (exact) mass is 261 g/mol. The molecule has 0 aromatic carbocycles. The fourth-order valence-electron chi connectivity index (χ4n) is 2.38. The topological polar surface area (TPSA) is 65.7 Å². The molecule has 3 heterocycles. The van der Waals surface area contributed by atoms with E-state index in [4.69, 9.17) is 9.47 Å². The average Bonchev–Trinajstić information content (AvgIpc) is 2.91. The molecular weight excluding hydrogens is 246 g/mol. The van der Waals surface area contributed by atoms with Crippen LogP contribution in [0.1, 0.15) is 41.7 Å². The van der Waals surface area contributed by atoms with Crippen molar-refractivity contribution in [1.29, 1.82) is 0 Å². The van der Waals surface area contributed by atoms with Crippen molar-refractivity contribution in [1.82, 2.24) is 14.6 Å². The van der Waals surface area contributed by atoms with Crippen LogP contribution >= 0.6 is 0 Å². The van der Waals surface area contributed by atoms with Crippen LogP contribution in [0.4, 0.5) is 0 Å². The predicted octanol–water partition coefficient (Wildman–Crippen LogP) is 1.76. The zero-order valence-electron chi connectivity index (χ0n) is 10.7. The third kappa shape index (κ3) is 2.08. The average molecular weight is 261 g/mol. The Bertz CT molecular complexity index is 602. The Hall–Kier alpha value is -1.95. The molecule has 2 aromatic rings. The number of methoxy groups -OCH3 is 1. The first-order valence-electron chi connectivity index (χ1n) is 6.35. The zero-order valence-corrected chi connectivity index (χ0v) is 10.7. The van der Waals surface area contributed by atoms with Crippen molar-refractivity contribution < 1.29 is 14.3 Å². The predicted molar refractivity (Wildman–Crippen MR) is 66.9 cm³/mol. The van der Waals surface area contributed by atoms with Crippen LogP contribution in [0, 0.1) is 0 Å². The van der Waals surface area contributed by atoms with Crippen LogP contribution in [-0.2, 0) is 9.47 Å². The van der Waals surface area contributed by atoms with Gasteiger partial charge in [0, 0.05) is 6.61 Å². The summed E-state index contributed by atoms with van der Waals surface area (Å²) >= 11 is 0. The highest BCUT2D eigenvalue weighted by atomic mass is 16.5. The second kappa shape index (κ2) is 4.97. The van der Waals surface area contributed by atoms with Crippen molar-refractivity contribution in [3.05, 3.63) is 29.7 Å². The second-order valence-corrected chi connectivity index (χ2v) is 4.51. The minimum Gasteiger partial charge on any atom is -0.464 e. The van der Waals surface area contributed by atoms with E-state index >= 15 is 0 Å². The van der Waals surface area contributed by atoms with Crippen LogP contribution in [0.25, 0.3) is 5.65 Å². The Morgan fingerprint density at radius 1 is 1.42 bits per heavy atom. The number of carbonyl (C=O) groups is 1. The van der Waals surface area contributed by atoms with E-state index in [0.29, 0.717) is 17.2 Å². The zero-order chi connectivity index (χ0) is 13.2. The highest BCUT2D eigenvalue weighted by Crippen LogP contribution is 2.27. The van der Waals surface area contributed by atoms with Crippen molar-refractivity contribution in [3.8, 4) is 0 Å². The maximum Gasteiger partial charge on any atom is 0.355 e. The molecule has 0 spiro atoms. The lowest BCUT2D eigenvalue weighted by atomic mass is 10.1. The van der Waals surface area contributed by atoms with Gasteiger partial charge < -0.3 is 9.47 Å². The van der Waals surface area contributed by atoms with Gasteiger partial charge in [-0.3, -0.25) is 4.40 Å². The molecule has 100 valence electrons. The Labute approximate surface area is 110 Å². The van der Waals surface area contributed by atoms with Gasteiger partial charge in [-0.25, -0.2) is 4.79 Å². The molecule has 19 heavy (non-hydrogen) atoms. The van der Waals surface area contributed by atoms with Crippen molar-refractivity contribution in [2.45, 2.75) is 25.4 Å². The van der Waals surface area contributed by atoms with Crippen LogP contribution in [-0.4, -0.2) is 34.3 Å². The number of esters is 1. The molecule has 0 bridgehead atoms. The molecule has 1 aliphatic heterocycles. The summed E-state index contributed by atoms with van der Waals surface area (Å²) in [7, 11) is 1.36. The first-order chi connectivity index (χ1) is 9.31. The molecule has 2 aromatic heterocycles. The lowest BCUT2D eigenvalue weighted by Crippen LogP contribution is -2.17. The lowest BCUT2D eigenvalue weighted by Gasteiger charge is -2.21. The van der Waals surface area contributed by atoms with Gasteiger partial charge in [0.15, 0.2) is 11.5 Å². The van der Waals surface area contributed by atoms with Gasteiger partial charge in [0.25, 0.3) is 0 Å². The van der Waals surface area contributed by atoms with Gasteiger partial charge in [0.2, 0.25) is 0 Å². The van der Waals surface area contributed by atoms with Crippen LogP contribution in [0.2, 0.25) is 0 Å². The molecule has 1 aliphatic rings. The van der Waals surface area contributed by atoms with E-state index < -0.39 is 5.97 Å². The number of aromatic nitrogens is 3. The van der Waals surface area contributed by atoms with Crippen LogP contribution in [0.15, 0.2) is 18.2 Å². The van der Waals surface area contributed by atoms with Crippen molar-refractivity contribution in [2.75, 3.05) is 13.7 Å². The fourth-order valence-corrected chi connectivity index (χ4v) is 2.38. The number of nitrogens with zero attached hydrogens (tertiary/aromatic N) is 3. The third-order valence-electron chi connectivity index (χ3n) is 3.32. The molecule has 1 fully saturated rings. The Kier molecular flexibility index (Phi) is 3.16. The van der Waals surface area contributed by atoms with Gasteiger partial charge in [-0.15, -0.1) is 10.2 Å². The smallest absolute Gasteiger partial charge is 0.355 e. The first-order valence-corrected chi connectivity index (χ1v) is 6.35. The molecule has 6 heteroatoms. The Morgan fingerprint density at radius 2 is 2.32 bits per heavy atom. The summed E-state index contributed by atoms with van der Waals surface area (Å²) in [6.07, 6.45) is 2.96. The summed E-state index contributed by atoms with van der Waals surface area (Å²) < 4.78 is 12.2. The van der Waals surface area contributed by atoms with E-state index in [1.807, 2.05) is 6.07 Å². The van der Waals surface area contributed by atoms with Gasteiger partial charge in [0.1, 0.15) is 11.8 Å². The summed E-state index contributed by atoms with van der Waals surface area (Å²) in [5, 5.41) is 8.27. The molecule has 0 radical (unpaired) electrons. The van der Waals surface area contributed by atoms with Crippen LogP contribution < -0.4 is 0 Å². The number of fused-ring (bicyclic) bond motifs is 1. The van der Waals surface area contributed by atoms with Gasteiger partial charge in [-0.2, -0.15) is 0 Å². The summed E-state index contributed by atoms with van der Waals surface area (Å²) in [6, 6.07) is 5.28. The SMILES string of the molecule is COC(=O)c1cccc2nnc(C3CCCCO3)n12. The highest BCUT2D eigenvalue weighted by Gasteiger charge is 2.24. The highest BCUT2D eigenvalue weighted by molar-refractivity contribution is 5.88. The lowest BCUT2D eigenvalue weighted by molar-refractivity contribution is 0.00863. The van der Waals surface area contributed by atoms with Crippen molar-refractivity contribution in [3.63, 3.8) is 0 Å². The molecule has 3 rings (SSSR count). The molecule has 0 aliphatic carbocycles. The molecule has 1 unspecified atom stereocenters. The standard InChI is InChI=1S/C13H15N3O3/c1-18-13(17)9-5-4-7-11-14-15-12(16(9)11)10-6-2-3-8-19-10/h4-5,7,10H,2-3,6,8H2,1H3. The van der Waals surface area contributed by atoms with Gasteiger partial charge >= 0.3 is 5.97 Å². The molecule has 1 atom stereocenters. The molecule has 0 amide bonds. The number of carbonyl (C=O) groups excluding carboxylic acids is 1. The molecule has 1 saturated heterocycles. The molecular formula is C13H15N3O3. The summed E-state index contributed by atoms with van der Waals surface area (Å²) in [4.78, 5) is 11.8. The van der Waals surface area contributed by atoms with Gasteiger partial charge in [0.05, 0.1) is 7.11 Å². The maximum atomic E-state index is 11.8. The van der Waals surface area contributed by atoms with E-state index in [-0.39, 0.29) is 6.10 Å². The van der Waals surface area contributed by atoms with E-state index in [1.54, 1.807) is 16.5 Å².